The van der Waals surface area contributed by atoms with Crippen LogP contribution in [0.5, 0.6) is 5.75 Å². The third-order valence-electron chi connectivity index (χ3n) is 3.74. The van der Waals surface area contributed by atoms with E-state index in [1.165, 1.54) is 11.3 Å². The van der Waals surface area contributed by atoms with Gasteiger partial charge in [-0.25, -0.2) is 4.98 Å². The molecule has 5 heteroatoms. The van der Waals surface area contributed by atoms with Crippen LogP contribution in [0.2, 0.25) is 0 Å². The van der Waals surface area contributed by atoms with Gasteiger partial charge in [-0.15, -0.1) is 11.3 Å². The maximum atomic E-state index is 5.43. The molecule has 0 unspecified atom stereocenters. The van der Waals surface area contributed by atoms with E-state index >= 15 is 0 Å². The number of hydrogen-bond donors (Lipinski definition) is 1. The average molecular weight is 301 g/mol. The Labute approximate surface area is 128 Å². The van der Waals surface area contributed by atoms with Gasteiger partial charge < -0.3 is 10.1 Å². The Morgan fingerprint density at radius 3 is 3.00 bits per heavy atom. The zero-order chi connectivity index (χ0) is 14.8. The largest absolute Gasteiger partial charge is 0.496 e. The second-order valence-electron chi connectivity index (χ2n) is 5.04. The van der Waals surface area contributed by atoms with Crippen LogP contribution in [0.4, 0.5) is 0 Å². The van der Waals surface area contributed by atoms with Gasteiger partial charge in [-0.05, 0) is 19.9 Å². The molecule has 1 aromatic carbocycles. The van der Waals surface area contributed by atoms with Crippen LogP contribution in [0, 0.1) is 6.92 Å². The van der Waals surface area contributed by atoms with E-state index < -0.39 is 0 Å². The van der Waals surface area contributed by atoms with E-state index in [4.69, 9.17) is 4.74 Å². The number of aryl methyl sites for hydroxylation is 1. The summed E-state index contributed by atoms with van der Waals surface area (Å²) in [5.74, 6) is 0.920. The lowest BCUT2D eigenvalue weighted by Crippen LogP contribution is -2.20. The number of para-hydroxylation sites is 1. The van der Waals surface area contributed by atoms with E-state index in [0.717, 1.165) is 22.9 Å². The van der Waals surface area contributed by atoms with Crippen LogP contribution in [-0.4, -0.2) is 16.5 Å². The Morgan fingerprint density at radius 1 is 1.38 bits per heavy atom. The first-order chi connectivity index (χ1) is 10.2. The predicted octanol–water partition coefficient (Wildman–Crippen LogP) is 3.56. The summed E-state index contributed by atoms with van der Waals surface area (Å²) in [6, 6.07) is 8.33. The van der Waals surface area contributed by atoms with Crippen molar-refractivity contribution in [3.63, 3.8) is 0 Å². The van der Waals surface area contributed by atoms with Crippen LogP contribution < -0.4 is 10.1 Å². The van der Waals surface area contributed by atoms with Crippen molar-refractivity contribution in [2.24, 2.45) is 0 Å². The van der Waals surface area contributed by atoms with E-state index in [-0.39, 0.29) is 6.04 Å². The van der Waals surface area contributed by atoms with Crippen LogP contribution in [-0.2, 0) is 6.54 Å². The lowest BCUT2D eigenvalue weighted by Gasteiger charge is -2.17. The number of aromatic nitrogens is 2. The fourth-order valence-electron chi connectivity index (χ4n) is 2.54. The fourth-order valence-corrected chi connectivity index (χ4v) is 3.32. The highest BCUT2D eigenvalue weighted by atomic mass is 32.1. The van der Waals surface area contributed by atoms with Gasteiger partial charge in [0.15, 0.2) is 4.96 Å². The van der Waals surface area contributed by atoms with Gasteiger partial charge in [0, 0.05) is 29.7 Å². The Balaban J connectivity index is 1.78. The molecule has 110 valence electrons. The third kappa shape index (κ3) is 2.66. The number of benzene rings is 1. The number of hydrogen-bond acceptors (Lipinski definition) is 4. The van der Waals surface area contributed by atoms with E-state index in [2.05, 4.69) is 46.2 Å². The molecule has 0 spiro atoms. The highest BCUT2D eigenvalue weighted by Crippen LogP contribution is 2.25. The second-order valence-corrected chi connectivity index (χ2v) is 5.92. The highest BCUT2D eigenvalue weighted by Gasteiger charge is 2.13. The zero-order valence-electron chi connectivity index (χ0n) is 12.5. The summed E-state index contributed by atoms with van der Waals surface area (Å²) < 4.78 is 7.58. The van der Waals surface area contributed by atoms with Crippen LogP contribution >= 0.6 is 11.3 Å². The molecule has 2 aromatic heterocycles. The summed E-state index contributed by atoms with van der Waals surface area (Å²) in [4.78, 5) is 5.62. The molecule has 0 aliphatic rings. The molecule has 3 rings (SSSR count). The highest BCUT2D eigenvalue weighted by molar-refractivity contribution is 7.15. The minimum atomic E-state index is 0.213. The van der Waals surface area contributed by atoms with Crippen LogP contribution in [0.3, 0.4) is 0 Å². The standard InChI is InChI=1S/C16H19N3OS/c1-11(13-6-4-5-7-15(13)20-3)17-10-14-12(2)18-16-19(14)8-9-21-16/h4-9,11,17H,10H2,1-3H3/t11-/m0/s1. The van der Waals surface area contributed by atoms with Gasteiger partial charge in [0.2, 0.25) is 0 Å². The Hall–Kier alpha value is -1.85. The molecule has 21 heavy (non-hydrogen) atoms. The lowest BCUT2D eigenvalue weighted by atomic mass is 10.1. The van der Waals surface area contributed by atoms with Crippen molar-refractivity contribution in [3.05, 3.63) is 52.8 Å². The number of nitrogens with one attached hydrogen (secondary N) is 1. The second kappa shape index (κ2) is 5.87. The molecule has 0 bridgehead atoms. The fraction of sp³-hybridized carbons (Fsp3) is 0.312. The molecule has 0 fully saturated rings. The van der Waals surface area contributed by atoms with Crippen molar-refractivity contribution >= 4 is 16.3 Å². The number of thiazole rings is 1. The molecular formula is C16H19N3OS. The molecule has 0 saturated heterocycles. The van der Waals surface area contributed by atoms with Crippen LogP contribution in [0.1, 0.15) is 29.9 Å². The van der Waals surface area contributed by atoms with Gasteiger partial charge >= 0.3 is 0 Å². The number of rotatable bonds is 5. The summed E-state index contributed by atoms with van der Waals surface area (Å²) in [7, 11) is 1.71. The summed E-state index contributed by atoms with van der Waals surface area (Å²) in [6.07, 6.45) is 2.07. The summed E-state index contributed by atoms with van der Waals surface area (Å²) in [5.41, 5.74) is 3.47. The average Bonchev–Trinajstić information content (AvgIpc) is 3.05. The number of imidazole rings is 1. The monoisotopic (exact) mass is 301 g/mol. The summed E-state index contributed by atoms with van der Waals surface area (Å²) >= 11 is 1.66. The number of ether oxygens (including phenoxy) is 1. The molecule has 4 nitrogen and oxygen atoms in total. The Kier molecular flexibility index (Phi) is 3.94. The molecule has 3 aromatic rings. The lowest BCUT2D eigenvalue weighted by molar-refractivity contribution is 0.401. The smallest absolute Gasteiger partial charge is 0.194 e. The first-order valence-corrected chi connectivity index (χ1v) is 7.86. The van der Waals surface area contributed by atoms with Crippen molar-refractivity contribution in [2.75, 3.05) is 7.11 Å². The van der Waals surface area contributed by atoms with Gasteiger partial charge in [0.1, 0.15) is 5.75 Å². The zero-order valence-corrected chi connectivity index (χ0v) is 13.3. The SMILES string of the molecule is COc1ccccc1[C@H](C)NCc1c(C)nc2sccn12. The third-order valence-corrected chi connectivity index (χ3v) is 4.50. The van der Waals surface area contributed by atoms with Gasteiger partial charge in [-0.3, -0.25) is 4.40 Å². The Bertz CT molecular complexity index is 747. The van der Waals surface area contributed by atoms with Gasteiger partial charge in [0.05, 0.1) is 18.5 Å². The molecule has 0 aliphatic heterocycles. The molecular weight excluding hydrogens is 282 g/mol. The van der Waals surface area contributed by atoms with Crippen molar-refractivity contribution in [1.29, 1.82) is 0 Å². The first-order valence-electron chi connectivity index (χ1n) is 6.98. The van der Waals surface area contributed by atoms with Gasteiger partial charge in [-0.2, -0.15) is 0 Å². The Morgan fingerprint density at radius 2 is 2.19 bits per heavy atom. The topological polar surface area (TPSA) is 38.6 Å². The van der Waals surface area contributed by atoms with E-state index in [9.17, 15) is 0 Å². The van der Waals surface area contributed by atoms with Crippen molar-refractivity contribution in [2.45, 2.75) is 26.4 Å². The molecule has 1 N–H and O–H groups in total. The maximum Gasteiger partial charge on any atom is 0.194 e. The maximum absolute atomic E-state index is 5.43. The van der Waals surface area contributed by atoms with Crippen molar-refractivity contribution in [1.82, 2.24) is 14.7 Å². The molecule has 0 saturated carbocycles. The number of nitrogens with zero attached hydrogens (tertiary/aromatic N) is 2. The molecule has 2 heterocycles. The van der Waals surface area contributed by atoms with Gasteiger partial charge in [0.25, 0.3) is 0 Å². The molecule has 0 aliphatic carbocycles. The summed E-state index contributed by atoms with van der Waals surface area (Å²) in [5, 5.41) is 5.63. The molecule has 1 atom stereocenters. The normalized spacial score (nSPS) is 12.7. The quantitative estimate of drug-likeness (QED) is 0.783. The number of methoxy groups -OCH3 is 1. The molecule has 0 amide bonds. The minimum absolute atomic E-state index is 0.213. The van der Waals surface area contributed by atoms with Crippen LogP contribution in [0.25, 0.3) is 4.96 Å². The van der Waals surface area contributed by atoms with Gasteiger partial charge in [-0.1, -0.05) is 18.2 Å². The molecule has 0 radical (unpaired) electrons. The first kappa shape index (κ1) is 14.1. The van der Waals surface area contributed by atoms with Crippen molar-refractivity contribution in [3.8, 4) is 5.75 Å². The predicted molar refractivity (Wildman–Crippen MR) is 86.1 cm³/mol. The summed E-state index contributed by atoms with van der Waals surface area (Å²) in [6.45, 7) is 4.99. The van der Waals surface area contributed by atoms with E-state index in [1.807, 2.05) is 18.2 Å². The van der Waals surface area contributed by atoms with Crippen molar-refractivity contribution < 1.29 is 4.74 Å². The van der Waals surface area contributed by atoms with E-state index in [1.54, 1.807) is 18.4 Å². The minimum Gasteiger partial charge on any atom is -0.496 e. The van der Waals surface area contributed by atoms with E-state index in [0.29, 0.717) is 0 Å². The van der Waals surface area contributed by atoms with Crippen LogP contribution in [0.15, 0.2) is 35.8 Å². The number of fused-ring (bicyclic) bond motifs is 1.